The van der Waals surface area contributed by atoms with Crippen LogP contribution in [-0.2, 0) is 20.7 Å². The van der Waals surface area contributed by atoms with Gasteiger partial charge in [0, 0.05) is 23.5 Å². The third kappa shape index (κ3) is 5.09. The molecular formula is C13H15Cl2NO3. The number of nitrogens with zero attached hydrogens (tertiary/aromatic N) is 1. The predicted octanol–water partition coefficient (Wildman–Crippen LogP) is 2.56. The zero-order chi connectivity index (χ0) is 14.4. The molecule has 0 bridgehead atoms. The lowest BCUT2D eigenvalue weighted by Crippen LogP contribution is -2.32. The van der Waals surface area contributed by atoms with Crippen molar-refractivity contribution in [2.45, 2.75) is 12.8 Å². The molecule has 0 spiro atoms. The predicted molar refractivity (Wildman–Crippen MR) is 74.4 cm³/mol. The molecule has 1 rings (SSSR count). The number of amides is 1. The highest BCUT2D eigenvalue weighted by molar-refractivity contribution is 6.35. The van der Waals surface area contributed by atoms with Gasteiger partial charge in [-0.15, -0.1) is 0 Å². The fourth-order valence-electron chi connectivity index (χ4n) is 1.50. The van der Waals surface area contributed by atoms with E-state index in [-0.39, 0.29) is 18.9 Å². The quantitative estimate of drug-likeness (QED) is 0.785. The molecule has 19 heavy (non-hydrogen) atoms. The minimum absolute atomic E-state index is 0.0519. The van der Waals surface area contributed by atoms with E-state index in [1.807, 2.05) is 0 Å². The molecule has 0 atom stereocenters. The number of esters is 1. The van der Waals surface area contributed by atoms with Crippen molar-refractivity contribution in [1.82, 2.24) is 4.90 Å². The van der Waals surface area contributed by atoms with Gasteiger partial charge in [-0.1, -0.05) is 29.3 Å². The number of methoxy groups -OCH3 is 1. The van der Waals surface area contributed by atoms with Gasteiger partial charge in [-0.05, 0) is 24.1 Å². The summed E-state index contributed by atoms with van der Waals surface area (Å²) in [7, 11) is 2.84. The smallest absolute Gasteiger partial charge is 0.325 e. The Kier molecular flexibility index (Phi) is 6.12. The zero-order valence-electron chi connectivity index (χ0n) is 10.8. The average molecular weight is 304 g/mol. The number of hydrogen-bond acceptors (Lipinski definition) is 3. The van der Waals surface area contributed by atoms with E-state index in [9.17, 15) is 9.59 Å². The molecule has 0 N–H and O–H groups in total. The van der Waals surface area contributed by atoms with E-state index in [2.05, 4.69) is 4.74 Å². The van der Waals surface area contributed by atoms with E-state index in [0.29, 0.717) is 16.5 Å². The van der Waals surface area contributed by atoms with Gasteiger partial charge < -0.3 is 9.64 Å². The first-order chi connectivity index (χ1) is 8.93. The topological polar surface area (TPSA) is 46.6 Å². The van der Waals surface area contributed by atoms with Crippen LogP contribution in [0.25, 0.3) is 0 Å². The summed E-state index contributed by atoms with van der Waals surface area (Å²) in [5.74, 6) is -0.586. The van der Waals surface area contributed by atoms with Gasteiger partial charge in [-0.2, -0.15) is 0 Å². The van der Waals surface area contributed by atoms with Crippen LogP contribution in [0.3, 0.4) is 0 Å². The molecule has 6 heteroatoms. The monoisotopic (exact) mass is 303 g/mol. The second-order valence-electron chi connectivity index (χ2n) is 4.06. The maximum atomic E-state index is 11.8. The lowest BCUT2D eigenvalue weighted by Gasteiger charge is -2.15. The molecule has 0 unspecified atom stereocenters. The van der Waals surface area contributed by atoms with Crippen LogP contribution in [0.4, 0.5) is 0 Å². The molecule has 0 saturated heterocycles. The first-order valence-electron chi connectivity index (χ1n) is 5.68. The van der Waals surface area contributed by atoms with Crippen molar-refractivity contribution in [2.75, 3.05) is 20.7 Å². The third-order valence-corrected chi connectivity index (χ3v) is 3.23. The molecule has 0 saturated carbocycles. The van der Waals surface area contributed by atoms with Gasteiger partial charge in [0.05, 0.1) is 7.11 Å². The molecular weight excluding hydrogens is 289 g/mol. The van der Waals surface area contributed by atoms with Crippen LogP contribution in [0, 0.1) is 0 Å². The molecule has 4 nitrogen and oxygen atoms in total. The van der Waals surface area contributed by atoms with Gasteiger partial charge in [-0.25, -0.2) is 0 Å². The number of carbonyl (C=O) groups is 2. The Morgan fingerprint density at radius 2 is 2.00 bits per heavy atom. The summed E-state index contributed by atoms with van der Waals surface area (Å²) >= 11 is 11.8. The van der Waals surface area contributed by atoms with E-state index in [0.717, 1.165) is 5.56 Å². The van der Waals surface area contributed by atoms with E-state index < -0.39 is 5.97 Å². The van der Waals surface area contributed by atoms with Crippen LogP contribution in [0.5, 0.6) is 0 Å². The fraction of sp³-hybridized carbons (Fsp3) is 0.385. The molecule has 0 aliphatic carbocycles. The summed E-state index contributed by atoms with van der Waals surface area (Å²) in [5.41, 5.74) is 0.853. The van der Waals surface area contributed by atoms with E-state index in [1.54, 1.807) is 25.2 Å². The summed E-state index contributed by atoms with van der Waals surface area (Å²) < 4.78 is 4.50. The second-order valence-corrected chi connectivity index (χ2v) is 4.91. The maximum Gasteiger partial charge on any atom is 0.325 e. The number of halogens is 2. The lowest BCUT2D eigenvalue weighted by molar-refractivity contribution is -0.146. The highest BCUT2D eigenvalue weighted by Gasteiger charge is 2.13. The lowest BCUT2D eigenvalue weighted by atomic mass is 10.1. The molecule has 1 aromatic rings. The minimum Gasteiger partial charge on any atom is -0.468 e. The van der Waals surface area contributed by atoms with Crippen LogP contribution in [0.15, 0.2) is 18.2 Å². The fourth-order valence-corrected chi connectivity index (χ4v) is 2.01. The maximum absolute atomic E-state index is 11.8. The van der Waals surface area contributed by atoms with Crippen molar-refractivity contribution in [3.63, 3.8) is 0 Å². The summed E-state index contributed by atoms with van der Waals surface area (Å²) in [6.07, 6.45) is 0.773. The molecule has 0 aliphatic rings. The van der Waals surface area contributed by atoms with Crippen molar-refractivity contribution in [1.29, 1.82) is 0 Å². The molecule has 0 aliphatic heterocycles. The largest absolute Gasteiger partial charge is 0.468 e. The Bertz CT molecular complexity index is 477. The van der Waals surface area contributed by atoms with E-state index >= 15 is 0 Å². The van der Waals surface area contributed by atoms with E-state index in [4.69, 9.17) is 23.2 Å². The zero-order valence-corrected chi connectivity index (χ0v) is 12.3. The number of rotatable bonds is 5. The highest BCUT2D eigenvalue weighted by atomic mass is 35.5. The number of benzene rings is 1. The van der Waals surface area contributed by atoms with Crippen LogP contribution in [0.1, 0.15) is 12.0 Å². The molecule has 1 amide bonds. The molecule has 0 radical (unpaired) electrons. The number of likely N-dealkylation sites (N-methyl/N-ethyl adjacent to an activating group) is 1. The summed E-state index contributed by atoms with van der Waals surface area (Å²) in [6.45, 7) is -0.0519. The molecule has 0 heterocycles. The van der Waals surface area contributed by atoms with E-state index in [1.165, 1.54) is 12.0 Å². The summed E-state index contributed by atoms with van der Waals surface area (Å²) in [5, 5.41) is 1.10. The number of ether oxygens (including phenoxy) is 1. The first-order valence-corrected chi connectivity index (χ1v) is 6.44. The Balaban J connectivity index is 2.52. The van der Waals surface area contributed by atoms with Crippen molar-refractivity contribution in [3.8, 4) is 0 Å². The summed E-state index contributed by atoms with van der Waals surface area (Å²) in [6, 6.07) is 5.16. The van der Waals surface area contributed by atoms with Crippen LogP contribution >= 0.6 is 23.2 Å². The van der Waals surface area contributed by atoms with Crippen LogP contribution in [-0.4, -0.2) is 37.5 Å². The second kappa shape index (κ2) is 7.36. The molecule has 0 aromatic heterocycles. The Morgan fingerprint density at radius 3 is 2.58 bits per heavy atom. The van der Waals surface area contributed by atoms with Gasteiger partial charge in [0.15, 0.2) is 0 Å². The first kappa shape index (κ1) is 15.8. The van der Waals surface area contributed by atoms with Crippen LogP contribution < -0.4 is 0 Å². The van der Waals surface area contributed by atoms with Gasteiger partial charge >= 0.3 is 5.97 Å². The van der Waals surface area contributed by atoms with Crippen molar-refractivity contribution < 1.29 is 14.3 Å². The SMILES string of the molecule is COC(=O)CN(C)C(=O)CCc1ccc(Cl)cc1Cl. The standard InChI is InChI=1S/C13H15Cl2NO3/c1-16(8-13(18)19-2)12(17)6-4-9-3-5-10(14)7-11(9)15/h3,5,7H,4,6,8H2,1-2H3. The number of aryl methyl sites for hydroxylation is 1. The molecule has 0 fully saturated rings. The Morgan fingerprint density at radius 1 is 1.32 bits per heavy atom. The normalized spacial score (nSPS) is 10.1. The highest BCUT2D eigenvalue weighted by Crippen LogP contribution is 2.22. The van der Waals surface area contributed by atoms with Gasteiger partial charge in [0.2, 0.25) is 5.91 Å². The molecule has 1 aromatic carbocycles. The van der Waals surface area contributed by atoms with Crippen molar-refractivity contribution in [2.24, 2.45) is 0 Å². The Hall–Kier alpha value is -1.26. The Labute approximate surface area is 122 Å². The van der Waals surface area contributed by atoms with Gasteiger partial charge in [0.1, 0.15) is 6.54 Å². The average Bonchev–Trinajstić information content (AvgIpc) is 2.37. The summed E-state index contributed by atoms with van der Waals surface area (Å²) in [4.78, 5) is 24.2. The van der Waals surface area contributed by atoms with Crippen molar-refractivity contribution >= 4 is 35.1 Å². The number of hydrogen-bond donors (Lipinski definition) is 0. The van der Waals surface area contributed by atoms with Gasteiger partial charge in [-0.3, -0.25) is 9.59 Å². The van der Waals surface area contributed by atoms with Gasteiger partial charge in [0.25, 0.3) is 0 Å². The number of carbonyl (C=O) groups excluding carboxylic acids is 2. The van der Waals surface area contributed by atoms with Crippen molar-refractivity contribution in [3.05, 3.63) is 33.8 Å². The molecule has 104 valence electrons. The minimum atomic E-state index is -0.444. The third-order valence-electron chi connectivity index (χ3n) is 2.64. The van der Waals surface area contributed by atoms with Crippen LogP contribution in [0.2, 0.25) is 10.0 Å².